The summed E-state index contributed by atoms with van der Waals surface area (Å²) >= 11 is 0. The Morgan fingerprint density at radius 2 is 1.91 bits per heavy atom. The van der Waals surface area contributed by atoms with Crippen molar-refractivity contribution in [1.82, 2.24) is 5.32 Å². The third kappa shape index (κ3) is 5.13. The lowest BCUT2D eigenvalue weighted by Crippen LogP contribution is -2.27. The third-order valence-corrected chi connectivity index (χ3v) is 4.07. The summed E-state index contributed by atoms with van der Waals surface area (Å²) in [5.74, 6) is 1.31. The molecule has 0 unspecified atom stereocenters. The second kappa shape index (κ2) is 8.37. The van der Waals surface area contributed by atoms with Gasteiger partial charge < -0.3 is 10.1 Å². The fourth-order valence-electron chi connectivity index (χ4n) is 2.61. The van der Waals surface area contributed by atoms with Crippen molar-refractivity contribution in [3.05, 3.63) is 65.2 Å². The molecule has 122 valence electrons. The normalized spacial score (nSPS) is 11.8. The van der Waals surface area contributed by atoms with E-state index in [1.807, 2.05) is 37.3 Å². The zero-order chi connectivity index (χ0) is 16.7. The van der Waals surface area contributed by atoms with Crippen LogP contribution >= 0.6 is 0 Å². The van der Waals surface area contributed by atoms with E-state index in [4.69, 9.17) is 4.74 Å². The van der Waals surface area contributed by atoms with Crippen LogP contribution in [0.5, 0.6) is 5.75 Å². The zero-order valence-corrected chi connectivity index (χ0v) is 14.1. The van der Waals surface area contributed by atoms with E-state index in [2.05, 4.69) is 30.4 Å². The maximum Gasteiger partial charge on any atom is 0.220 e. The topological polar surface area (TPSA) is 38.3 Å². The minimum Gasteiger partial charge on any atom is -0.496 e. The van der Waals surface area contributed by atoms with Gasteiger partial charge in [-0.15, -0.1) is 0 Å². The first-order chi connectivity index (χ1) is 11.1. The van der Waals surface area contributed by atoms with Gasteiger partial charge in [0.15, 0.2) is 0 Å². The highest BCUT2D eigenvalue weighted by Crippen LogP contribution is 2.19. The molecule has 0 saturated heterocycles. The summed E-state index contributed by atoms with van der Waals surface area (Å²) in [5, 5.41) is 3.02. The van der Waals surface area contributed by atoms with Gasteiger partial charge in [0.2, 0.25) is 5.91 Å². The molecular weight excluding hydrogens is 286 g/mol. The molecule has 0 spiro atoms. The van der Waals surface area contributed by atoms with Gasteiger partial charge in [-0.1, -0.05) is 49.4 Å². The molecule has 0 heterocycles. The summed E-state index contributed by atoms with van der Waals surface area (Å²) in [6.45, 7) is 4.82. The second-order valence-corrected chi connectivity index (χ2v) is 5.92. The predicted molar refractivity (Wildman–Crippen MR) is 93.9 cm³/mol. The van der Waals surface area contributed by atoms with Gasteiger partial charge in [0.25, 0.3) is 0 Å². The number of amides is 1. The first kappa shape index (κ1) is 17.1. The number of carbonyl (C=O) groups is 1. The van der Waals surface area contributed by atoms with Gasteiger partial charge in [-0.25, -0.2) is 0 Å². The highest BCUT2D eigenvalue weighted by molar-refractivity contribution is 5.76. The second-order valence-electron chi connectivity index (χ2n) is 5.92. The molecule has 2 rings (SSSR count). The average molecular weight is 311 g/mol. The predicted octanol–water partition coefficient (Wildman–Crippen LogP) is 3.86. The number of methoxy groups -OCH3 is 1. The Morgan fingerprint density at radius 3 is 2.57 bits per heavy atom. The Kier molecular flexibility index (Phi) is 6.21. The van der Waals surface area contributed by atoms with Crippen molar-refractivity contribution in [2.45, 2.75) is 32.6 Å². The molecule has 0 radical (unpaired) electrons. The molecule has 0 aromatic heterocycles. The minimum atomic E-state index is 0.0984. The Hall–Kier alpha value is -2.29. The molecule has 1 amide bonds. The molecule has 3 heteroatoms. The molecule has 0 aliphatic rings. The highest BCUT2D eigenvalue weighted by Gasteiger charge is 2.08. The molecule has 0 aliphatic carbocycles. The maximum atomic E-state index is 12.0. The third-order valence-electron chi connectivity index (χ3n) is 4.07. The number of hydrogen-bond donors (Lipinski definition) is 1. The molecule has 1 N–H and O–H groups in total. The van der Waals surface area contributed by atoms with E-state index < -0.39 is 0 Å². The van der Waals surface area contributed by atoms with Gasteiger partial charge in [-0.3, -0.25) is 4.79 Å². The lowest BCUT2D eigenvalue weighted by Gasteiger charge is -2.13. The summed E-state index contributed by atoms with van der Waals surface area (Å²) < 4.78 is 5.25. The van der Waals surface area contributed by atoms with Gasteiger partial charge in [0.1, 0.15) is 5.75 Å². The zero-order valence-electron chi connectivity index (χ0n) is 14.1. The smallest absolute Gasteiger partial charge is 0.220 e. The van der Waals surface area contributed by atoms with E-state index in [1.54, 1.807) is 7.11 Å². The number of nitrogens with one attached hydrogen (secondary N) is 1. The van der Waals surface area contributed by atoms with E-state index in [-0.39, 0.29) is 5.91 Å². The van der Waals surface area contributed by atoms with Crippen LogP contribution in [0.15, 0.2) is 48.5 Å². The number of aryl methyl sites for hydroxylation is 2. The van der Waals surface area contributed by atoms with E-state index in [9.17, 15) is 4.79 Å². The summed E-state index contributed by atoms with van der Waals surface area (Å²) in [6, 6.07) is 16.3. The summed E-state index contributed by atoms with van der Waals surface area (Å²) in [7, 11) is 1.67. The van der Waals surface area contributed by atoms with Crippen LogP contribution in [0.1, 0.15) is 36.0 Å². The van der Waals surface area contributed by atoms with E-state index in [0.717, 1.165) is 23.3 Å². The Bertz CT molecular complexity index is 637. The summed E-state index contributed by atoms with van der Waals surface area (Å²) in [6.07, 6.45) is 1.25. The van der Waals surface area contributed by atoms with E-state index >= 15 is 0 Å². The Morgan fingerprint density at radius 1 is 1.17 bits per heavy atom. The first-order valence-corrected chi connectivity index (χ1v) is 8.05. The SMILES string of the molecule is COc1ccc(CCC(=O)NC[C@H](C)c2ccccc2)cc1C. The van der Waals surface area contributed by atoms with Crippen molar-refractivity contribution in [1.29, 1.82) is 0 Å². The fourth-order valence-corrected chi connectivity index (χ4v) is 2.61. The van der Waals surface area contributed by atoms with Crippen LogP contribution in [0.4, 0.5) is 0 Å². The largest absolute Gasteiger partial charge is 0.496 e. The highest BCUT2D eigenvalue weighted by atomic mass is 16.5. The molecule has 3 nitrogen and oxygen atoms in total. The molecule has 1 atom stereocenters. The Balaban J connectivity index is 1.78. The van der Waals surface area contributed by atoms with Crippen LogP contribution in [0.3, 0.4) is 0 Å². The van der Waals surface area contributed by atoms with Crippen LogP contribution in [-0.2, 0) is 11.2 Å². The number of rotatable bonds is 7. The fraction of sp³-hybridized carbons (Fsp3) is 0.350. The van der Waals surface area contributed by atoms with Crippen molar-refractivity contribution in [2.75, 3.05) is 13.7 Å². The van der Waals surface area contributed by atoms with Crippen LogP contribution in [0, 0.1) is 6.92 Å². The quantitative estimate of drug-likeness (QED) is 0.843. The van der Waals surface area contributed by atoms with Gasteiger partial charge in [0.05, 0.1) is 7.11 Å². The molecule has 0 saturated carbocycles. The number of ether oxygens (including phenoxy) is 1. The molecule has 0 aliphatic heterocycles. The number of hydrogen-bond acceptors (Lipinski definition) is 2. The van der Waals surface area contributed by atoms with Gasteiger partial charge in [0, 0.05) is 13.0 Å². The molecule has 2 aromatic rings. The van der Waals surface area contributed by atoms with Crippen molar-refractivity contribution >= 4 is 5.91 Å². The van der Waals surface area contributed by atoms with Crippen LogP contribution in [-0.4, -0.2) is 19.6 Å². The van der Waals surface area contributed by atoms with E-state index in [0.29, 0.717) is 18.9 Å². The molecule has 2 aromatic carbocycles. The van der Waals surface area contributed by atoms with E-state index in [1.165, 1.54) is 5.56 Å². The standard InChI is InChI=1S/C20H25NO2/c1-15-13-17(9-11-19(15)23-3)10-12-20(22)21-14-16(2)18-7-5-4-6-8-18/h4-9,11,13,16H,10,12,14H2,1-3H3,(H,21,22)/t16-/m0/s1. The van der Waals surface area contributed by atoms with Crippen LogP contribution < -0.4 is 10.1 Å². The summed E-state index contributed by atoms with van der Waals surface area (Å²) in [4.78, 5) is 12.0. The monoisotopic (exact) mass is 311 g/mol. The van der Waals surface area contributed by atoms with Crippen LogP contribution in [0.2, 0.25) is 0 Å². The first-order valence-electron chi connectivity index (χ1n) is 8.05. The van der Waals surface area contributed by atoms with Crippen molar-refractivity contribution in [2.24, 2.45) is 0 Å². The average Bonchev–Trinajstić information content (AvgIpc) is 2.58. The number of benzene rings is 2. The Labute approximate surface area is 138 Å². The molecule has 0 fully saturated rings. The van der Waals surface area contributed by atoms with Crippen LogP contribution in [0.25, 0.3) is 0 Å². The van der Waals surface area contributed by atoms with Crippen molar-refractivity contribution in [3.8, 4) is 5.75 Å². The number of carbonyl (C=O) groups excluding carboxylic acids is 1. The lowest BCUT2D eigenvalue weighted by atomic mass is 10.0. The lowest BCUT2D eigenvalue weighted by molar-refractivity contribution is -0.121. The van der Waals surface area contributed by atoms with Crippen molar-refractivity contribution < 1.29 is 9.53 Å². The summed E-state index contributed by atoms with van der Waals surface area (Å²) in [5.41, 5.74) is 3.51. The van der Waals surface area contributed by atoms with Gasteiger partial charge in [-0.2, -0.15) is 0 Å². The van der Waals surface area contributed by atoms with Gasteiger partial charge >= 0.3 is 0 Å². The minimum absolute atomic E-state index is 0.0984. The molecule has 0 bridgehead atoms. The maximum absolute atomic E-state index is 12.0. The molecular formula is C20H25NO2. The van der Waals surface area contributed by atoms with Crippen molar-refractivity contribution in [3.63, 3.8) is 0 Å². The molecule has 23 heavy (non-hydrogen) atoms. The van der Waals surface area contributed by atoms with Gasteiger partial charge in [-0.05, 0) is 42.0 Å².